The standard InChI is InChI=1S/C22H30S2/c1-22(2)16-23(3)14-20-9-5-7-18(12-20)11-19-8-6-10-21(13-19)15-24(4)17-22/h5-10,12-13H,11,14-17H2,1-4H3/q+2. The van der Waals surface area contributed by atoms with Gasteiger partial charge in [-0.3, -0.25) is 0 Å². The molecule has 0 radical (unpaired) electrons. The Morgan fingerprint density at radius 3 is 1.58 bits per heavy atom. The smallest absolute Gasteiger partial charge is 0.0615 e. The SMILES string of the molecule is C[S+]1Cc2cccc(c2)Cc2cccc(c2)C[S+](C)CC(C)(C)C1. The van der Waals surface area contributed by atoms with Crippen molar-refractivity contribution in [2.75, 3.05) is 24.0 Å². The fourth-order valence-corrected chi connectivity index (χ4v) is 8.64. The predicted molar refractivity (Wildman–Crippen MR) is 113 cm³/mol. The van der Waals surface area contributed by atoms with Crippen molar-refractivity contribution in [3.63, 3.8) is 0 Å². The van der Waals surface area contributed by atoms with Crippen LogP contribution in [0.2, 0.25) is 0 Å². The molecule has 1 aliphatic rings. The molecule has 0 fully saturated rings. The second-order valence-corrected chi connectivity index (χ2v) is 12.4. The molecule has 2 aromatic carbocycles. The Kier molecular flexibility index (Phi) is 5.66. The molecule has 0 spiro atoms. The lowest BCUT2D eigenvalue weighted by Gasteiger charge is -2.22. The minimum atomic E-state index is 0.440. The van der Waals surface area contributed by atoms with E-state index in [9.17, 15) is 0 Å². The Balaban J connectivity index is 1.94. The Morgan fingerprint density at radius 2 is 1.12 bits per heavy atom. The van der Waals surface area contributed by atoms with Crippen molar-refractivity contribution in [1.29, 1.82) is 0 Å². The quantitative estimate of drug-likeness (QED) is 0.593. The number of hydrogen-bond acceptors (Lipinski definition) is 0. The maximum Gasteiger partial charge on any atom is 0.133 e. The molecule has 2 aromatic rings. The summed E-state index contributed by atoms with van der Waals surface area (Å²) in [7, 11) is 0.906. The van der Waals surface area contributed by atoms with Crippen LogP contribution in [0.25, 0.3) is 0 Å². The Labute approximate surface area is 153 Å². The molecule has 0 N–H and O–H groups in total. The molecular formula is C22H30S2+2. The van der Waals surface area contributed by atoms with E-state index >= 15 is 0 Å². The first-order valence-corrected chi connectivity index (χ1v) is 12.7. The maximum absolute atomic E-state index is 2.47. The zero-order chi connectivity index (χ0) is 17.2. The monoisotopic (exact) mass is 358 g/mol. The van der Waals surface area contributed by atoms with E-state index in [0.717, 1.165) is 6.42 Å². The molecule has 128 valence electrons. The summed E-state index contributed by atoms with van der Waals surface area (Å²) in [6, 6.07) is 18.5. The molecule has 0 amide bonds. The summed E-state index contributed by atoms with van der Waals surface area (Å²) in [5.74, 6) is 5.15. The van der Waals surface area contributed by atoms with Crippen molar-refractivity contribution < 1.29 is 0 Å². The number of rotatable bonds is 0. The topological polar surface area (TPSA) is 0 Å². The van der Waals surface area contributed by atoms with Crippen molar-refractivity contribution in [1.82, 2.24) is 0 Å². The molecule has 1 heterocycles. The third kappa shape index (κ3) is 5.07. The summed E-state index contributed by atoms with van der Waals surface area (Å²) in [4.78, 5) is 0. The number of benzene rings is 2. The largest absolute Gasteiger partial charge is 0.133 e. The summed E-state index contributed by atoms with van der Waals surface area (Å²) in [6.45, 7) is 4.94. The summed E-state index contributed by atoms with van der Waals surface area (Å²) in [5.41, 5.74) is 6.37. The molecule has 2 unspecified atom stereocenters. The van der Waals surface area contributed by atoms with Gasteiger partial charge in [0.15, 0.2) is 0 Å². The molecule has 0 aromatic heterocycles. The van der Waals surface area contributed by atoms with E-state index < -0.39 is 0 Å². The van der Waals surface area contributed by atoms with Gasteiger partial charge in [0.2, 0.25) is 0 Å². The molecule has 0 saturated heterocycles. The molecule has 1 aliphatic heterocycles. The van der Waals surface area contributed by atoms with Crippen LogP contribution in [-0.4, -0.2) is 24.0 Å². The molecule has 2 atom stereocenters. The van der Waals surface area contributed by atoms with E-state index in [0.29, 0.717) is 27.2 Å². The molecule has 0 nitrogen and oxygen atoms in total. The van der Waals surface area contributed by atoms with Crippen LogP contribution in [0, 0.1) is 5.41 Å². The van der Waals surface area contributed by atoms with Gasteiger partial charge in [0, 0.05) is 11.1 Å². The van der Waals surface area contributed by atoms with Gasteiger partial charge in [-0.15, -0.1) is 0 Å². The first-order chi connectivity index (χ1) is 11.4. The predicted octanol–water partition coefficient (Wildman–Crippen LogP) is 4.81. The molecule has 3 rings (SSSR count). The van der Waals surface area contributed by atoms with Gasteiger partial charge in [-0.05, 0) is 39.3 Å². The molecular weight excluding hydrogens is 328 g/mol. The average Bonchev–Trinajstić information content (AvgIpc) is 2.45. The van der Waals surface area contributed by atoms with Crippen LogP contribution in [0.1, 0.15) is 36.1 Å². The Hall–Kier alpha value is -0.860. The third-order valence-electron chi connectivity index (χ3n) is 4.49. The van der Waals surface area contributed by atoms with Crippen molar-refractivity contribution >= 4 is 21.8 Å². The lowest BCUT2D eigenvalue weighted by Crippen LogP contribution is -2.32. The van der Waals surface area contributed by atoms with Gasteiger partial charge in [0.1, 0.15) is 23.0 Å². The highest BCUT2D eigenvalue weighted by Crippen LogP contribution is 2.26. The summed E-state index contributed by atoms with van der Waals surface area (Å²) < 4.78 is 0. The van der Waals surface area contributed by atoms with Crippen molar-refractivity contribution in [2.45, 2.75) is 31.8 Å². The van der Waals surface area contributed by atoms with Crippen LogP contribution in [0.15, 0.2) is 48.5 Å². The van der Waals surface area contributed by atoms with E-state index in [1.54, 1.807) is 0 Å². The molecule has 4 bridgehead atoms. The van der Waals surface area contributed by atoms with Crippen molar-refractivity contribution in [3.05, 3.63) is 70.8 Å². The van der Waals surface area contributed by atoms with Gasteiger partial charge in [-0.2, -0.15) is 0 Å². The van der Waals surface area contributed by atoms with Gasteiger partial charge >= 0.3 is 0 Å². The summed E-state index contributed by atoms with van der Waals surface area (Å²) in [5, 5.41) is 0. The molecule has 0 saturated carbocycles. The van der Waals surface area contributed by atoms with E-state index in [1.807, 2.05) is 0 Å². The fourth-order valence-electron chi connectivity index (χ4n) is 3.94. The highest BCUT2D eigenvalue weighted by molar-refractivity contribution is 7.96. The van der Waals surface area contributed by atoms with E-state index in [2.05, 4.69) is 74.9 Å². The van der Waals surface area contributed by atoms with Gasteiger partial charge in [-0.1, -0.05) is 62.4 Å². The lowest BCUT2D eigenvalue weighted by atomic mass is 10.00. The fraction of sp³-hybridized carbons (Fsp3) is 0.455. The number of hydrogen-bond donors (Lipinski definition) is 0. The highest BCUT2D eigenvalue weighted by Gasteiger charge is 2.33. The van der Waals surface area contributed by atoms with Gasteiger partial charge in [0.25, 0.3) is 0 Å². The van der Waals surface area contributed by atoms with Crippen molar-refractivity contribution in [2.24, 2.45) is 5.41 Å². The van der Waals surface area contributed by atoms with E-state index in [1.165, 1.54) is 45.3 Å². The van der Waals surface area contributed by atoms with Gasteiger partial charge in [-0.25, -0.2) is 0 Å². The van der Waals surface area contributed by atoms with Crippen LogP contribution in [0.5, 0.6) is 0 Å². The lowest BCUT2D eigenvalue weighted by molar-refractivity contribution is 0.488. The van der Waals surface area contributed by atoms with E-state index in [-0.39, 0.29) is 0 Å². The second kappa shape index (κ2) is 7.58. The first kappa shape index (κ1) is 17.9. The van der Waals surface area contributed by atoms with Gasteiger partial charge < -0.3 is 0 Å². The third-order valence-corrected chi connectivity index (χ3v) is 8.69. The minimum absolute atomic E-state index is 0.440. The van der Waals surface area contributed by atoms with Gasteiger partial charge in [0.05, 0.1) is 17.9 Å². The van der Waals surface area contributed by atoms with Crippen LogP contribution in [-0.2, 0) is 39.7 Å². The van der Waals surface area contributed by atoms with Crippen LogP contribution in [0.4, 0.5) is 0 Å². The second-order valence-electron chi connectivity index (χ2n) is 8.12. The van der Waals surface area contributed by atoms with Crippen LogP contribution in [0.3, 0.4) is 0 Å². The molecule has 0 aliphatic carbocycles. The van der Waals surface area contributed by atoms with Crippen LogP contribution >= 0.6 is 0 Å². The van der Waals surface area contributed by atoms with Crippen LogP contribution < -0.4 is 0 Å². The highest BCUT2D eigenvalue weighted by atomic mass is 32.2. The zero-order valence-electron chi connectivity index (χ0n) is 15.5. The Bertz CT molecular complexity index is 632. The zero-order valence-corrected chi connectivity index (χ0v) is 17.1. The Morgan fingerprint density at radius 1 is 0.708 bits per heavy atom. The van der Waals surface area contributed by atoms with Crippen molar-refractivity contribution in [3.8, 4) is 0 Å². The van der Waals surface area contributed by atoms with E-state index in [4.69, 9.17) is 0 Å². The molecule has 24 heavy (non-hydrogen) atoms. The average molecular weight is 359 g/mol. The minimum Gasteiger partial charge on any atom is -0.0615 e. The first-order valence-electron chi connectivity index (χ1n) is 8.74. The number of fused-ring (bicyclic) bond motifs is 4. The normalized spacial score (nSPS) is 24.2. The molecule has 2 heteroatoms. The summed E-state index contributed by atoms with van der Waals surface area (Å²) in [6.07, 6.45) is 5.97. The summed E-state index contributed by atoms with van der Waals surface area (Å²) >= 11 is 0. The maximum atomic E-state index is 2.47.